The van der Waals surface area contributed by atoms with Crippen LogP contribution in [-0.4, -0.2) is 38.6 Å². The van der Waals surface area contributed by atoms with Crippen LogP contribution in [0.1, 0.15) is 43.5 Å². The lowest BCUT2D eigenvalue weighted by Crippen LogP contribution is -2.32. The highest BCUT2D eigenvalue weighted by atomic mass is 32.2. The molecule has 122 valence electrons. The number of rotatable bonds is 3. The molecule has 0 saturated carbocycles. The van der Waals surface area contributed by atoms with E-state index in [1.54, 1.807) is 12.1 Å². The highest BCUT2D eigenvalue weighted by molar-refractivity contribution is 7.90. The molecule has 1 fully saturated rings. The van der Waals surface area contributed by atoms with Gasteiger partial charge in [0.05, 0.1) is 4.90 Å². The third kappa shape index (κ3) is 4.09. The zero-order chi connectivity index (χ0) is 16.3. The standard InChI is InChI=1S/C17H25NO3S/c1-13(2)14-7-5-10-18(11-9-14)17(19)15-6-4-8-16(12-15)22(3,20)21/h4,6,8,12-14H,5,7,9-11H2,1-3H3/t14-/m1/s1. The van der Waals surface area contributed by atoms with Crippen molar-refractivity contribution in [2.24, 2.45) is 11.8 Å². The van der Waals surface area contributed by atoms with E-state index in [9.17, 15) is 13.2 Å². The first-order valence-electron chi connectivity index (χ1n) is 7.88. The first kappa shape index (κ1) is 17.0. The number of hydrogen-bond donors (Lipinski definition) is 0. The summed E-state index contributed by atoms with van der Waals surface area (Å²) < 4.78 is 23.3. The molecule has 5 heteroatoms. The lowest BCUT2D eigenvalue weighted by molar-refractivity contribution is 0.0758. The molecule has 1 aliphatic rings. The normalized spacial score (nSPS) is 20.0. The SMILES string of the molecule is CC(C)[C@@H]1CCCN(C(=O)c2cccc(S(C)(=O)=O)c2)CC1. The quantitative estimate of drug-likeness (QED) is 0.859. The summed E-state index contributed by atoms with van der Waals surface area (Å²) in [5.74, 6) is 1.25. The molecular weight excluding hydrogens is 298 g/mol. The van der Waals surface area contributed by atoms with Gasteiger partial charge in [0.2, 0.25) is 0 Å². The maximum atomic E-state index is 12.6. The van der Waals surface area contributed by atoms with E-state index in [2.05, 4.69) is 13.8 Å². The highest BCUT2D eigenvalue weighted by Gasteiger charge is 2.23. The zero-order valence-electron chi connectivity index (χ0n) is 13.6. The lowest BCUT2D eigenvalue weighted by Gasteiger charge is -2.22. The second-order valence-electron chi connectivity index (χ2n) is 6.53. The number of benzene rings is 1. The molecule has 22 heavy (non-hydrogen) atoms. The predicted molar refractivity (Wildman–Crippen MR) is 87.6 cm³/mol. The third-order valence-electron chi connectivity index (χ3n) is 4.51. The molecule has 0 unspecified atom stereocenters. The Morgan fingerprint density at radius 1 is 1.23 bits per heavy atom. The summed E-state index contributed by atoms with van der Waals surface area (Å²) in [6, 6.07) is 6.35. The monoisotopic (exact) mass is 323 g/mol. The van der Waals surface area contributed by atoms with Gasteiger partial charge in [0.15, 0.2) is 9.84 Å². The minimum absolute atomic E-state index is 0.0603. The smallest absolute Gasteiger partial charge is 0.253 e. The molecule has 0 aliphatic carbocycles. The molecule has 0 aromatic heterocycles. The Kier molecular flexibility index (Phi) is 5.27. The Balaban J connectivity index is 2.15. The largest absolute Gasteiger partial charge is 0.339 e. The summed E-state index contributed by atoms with van der Waals surface area (Å²) in [4.78, 5) is 14.7. The van der Waals surface area contributed by atoms with Crippen LogP contribution in [0.15, 0.2) is 29.2 Å². The summed E-state index contributed by atoms with van der Waals surface area (Å²) in [6.45, 7) is 5.98. The van der Waals surface area contributed by atoms with Crippen LogP contribution in [0.4, 0.5) is 0 Å². The molecule has 1 heterocycles. The Hall–Kier alpha value is -1.36. The first-order valence-corrected chi connectivity index (χ1v) is 9.77. The summed E-state index contributed by atoms with van der Waals surface area (Å²) >= 11 is 0. The van der Waals surface area contributed by atoms with E-state index in [1.807, 2.05) is 4.90 Å². The van der Waals surface area contributed by atoms with E-state index in [1.165, 1.54) is 12.1 Å². The van der Waals surface area contributed by atoms with E-state index in [0.717, 1.165) is 38.6 Å². The van der Waals surface area contributed by atoms with Crippen LogP contribution in [0.5, 0.6) is 0 Å². The summed E-state index contributed by atoms with van der Waals surface area (Å²) in [5.41, 5.74) is 0.464. The van der Waals surface area contributed by atoms with Gasteiger partial charge < -0.3 is 4.90 Å². The number of hydrogen-bond acceptors (Lipinski definition) is 3. The van der Waals surface area contributed by atoms with E-state index < -0.39 is 9.84 Å². The molecule has 2 rings (SSSR count). The topological polar surface area (TPSA) is 54.5 Å². The van der Waals surface area contributed by atoms with Crippen molar-refractivity contribution in [2.75, 3.05) is 19.3 Å². The zero-order valence-corrected chi connectivity index (χ0v) is 14.4. The van der Waals surface area contributed by atoms with E-state index in [4.69, 9.17) is 0 Å². The van der Waals surface area contributed by atoms with Crippen molar-refractivity contribution in [2.45, 2.75) is 38.0 Å². The molecule has 4 nitrogen and oxygen atoms in total. The molecule has 1 aromatic rings. The lowest BCUT2D eigenvalue weighted by atomic mass is 9.89. The molecule has 1 saturated heterocycles. The number of likely N-dealkylation sites (tertiary alicyclic amines) is 1. The van der Waals surface area contributed by atoms with E-state index in [0.29, 0.717) is 17.4 Å². The van der Waals surface area contributed by atoms with Gasteiger partial charge in [-0.3, -0.25) is 4.79 Å². The van der Waals surface area contributed by atoms with Crippen molar-refractivity contribution >= 4 is 15.7 Å². The molecule has 0 N–H and O–H groups in total. The highest BCUT2D eigenvalue weighted by Crippen LogP contribution is 2.25. The van der Waals surface area contributed by atoms with Crippen LogP contribution in [-0.2, 0) is 9.84 Å². The Morgan fingerprint density at radius 3 is 2.59 bits per heavy atom. The fourth-order valence-corrected chi connectivity index (χ4v) is 3.70. The van der Waals surface area contributed by atoms with Gasteiger partial charge in [0.1, 0.15) is 0 Å². The molecule has 1 amide bonds. The molecule has 0 radical (unpaired) electrons. The second kappa shape index (κ2) is 6.82. The number of nitrogens with zero attached hydrogens (tertiary/aromatic N) is 1. The summed E-state index contributed by atoms with van der Waals surface area (Å²) in [6.07, 6.45) is 4.36. The predicted octanol–water partition coefficient (Wildman–Crippen LogP) is 2.99. The molecule has 0 spiro atoms. The fourth-order valence-electron chi connectivity index (χ4n) is 3.03. The minimum atomic E-state index is -3.29. The number of sulfone groups is 1. The van der Waals surface area contributed by atoms with Gasteiger partial charge >= 0.3 is 0 Å². The van der Waals surface area contributed by atoms with Crippen molar-refractivity contribution < 1.29 is 13.2 Å². The van der Waals surface area contributed by atoms with Gasteiger partial charge in [-0.25, -0.2) is 8.42 Å². The van der Waals surface area contributed by atoms with E-state index >= 15 is 0 Å². The van der Waals surface area contributed by atoms with Crippen LogP contribution in [0.3, 0.4) is 0 Å². The van der Waals surface area contributed by atoms with Crippen LogP contribution >= 0.6 is 0 Å². The van der Waals surface area contributed by atoms with Crippen LogP contribution < -0.4 is 0 Å². The van der Waals surface area contributed by atoms with Crippen molar-refractivity contribution in [1.82, 2.24) is 4.90 Å². The Bertz CT molecular complexity index is 637. The minimum Gasteiger partial charge on any atom is -0.339 e. The number of carbonyl (C=O) groups is 1. The van der Waals surface area contributed by atoms with Gasteiger partial charge in [0, 0.05) is 24.9 Å². The molecule has 0 bridgehead atoms. The maximum absolute atomic E-state index is 12.6. The van der Waals surface area contributed by atoms with Gasteiger partial charge in [-0.1, -0.05) is 19.9 Å². The van der Waals surface area contributed by atoms with Crippen molar-refractivity contribution in [1.29, 1.82) is 0 Å². The maximum Gasteiger partial charge on any atom is 0.253 e. The third-order valence-corrected chi connectivity index (χ3v) is 5.62. The van der Waals surface area contributed by atoms with Crippen LogP contribution in [0.2, 0.25) is 0 Å². The molecule has 1 aromatic carbocycles. The fraction of sp³-hybridized carbons (Fsp3) is 0.588. The van der Waals surface area contributed by atoms with Gasteiger partial charge in [-0.2, -0.15) is 0 Å². The van der Waals surface area contributed by atoms with Gasteiger partial charge in [0.25, 0.3) is 5.91 Å². The van der Waals surface area contributed by atoms with Gasteiger partial charge in [-0.05, 0) is 49.3 Å². The summed E-state index contributed by atoms with van der Waals surface area (Å²) in [5, 5.41) is 0. The first-order chi connectivity index (χ1) is 10.3. The molecular formula is C17H25NO3S. The molecule has 1 atom stereocenters. The Morgan fingerprint density at radius 2 is 1.95 bits per heavy atom. The number of amides is 1. The molecule has 1 aliphatic heterocycles. The van der Waals surface area contributed by atoms with Gasteiger partial charge in [-0.15, -0.1) is 0 Å². The van der Waals surface area contributed by atoms with E-state index in [-0.39, 0.29) is 10.8 Å². The average Bonchev–Trinajstić information content (AvgIpc) is 2.71. The summed E-state index contributed by atoms with van der Waals surface area (Å²) in [7, 11) is -3.29. The van der Waals surface area contributed by atoms with Crippen molar-refractivity contribution in [3.63, 3.8) is 0 Å². The van der Waals surface area contributed by atoms with Crippen LogP contribution in [0.25, 0.3) is 0 Å². The number of carbonyl (C=O) groups excluding carboxylic acids is 1. The van der Waals surface area contributed by atoms with Crippen molar-refractivity contribution in [3.05, 3.63) is 29.8 Å². The Labute approximate surface area is 133 Å². The second-order valence-corrected chi connectivity index (χ2v) is 8.54. The van der Waals surface area contributed by atoms with Crippen LogP contribution in [0, 0.1) is 11.8 Å². The average molecular weight is 323 g/mol. The van der Waals surface area contributed by atoms with Crippen molar-refractivity contribution in [3.8, 4) is 0 Å².